The fourth-order valence-electron chi connectivity index (χ4n) is 0.703. The van der Waals surface area contributed by atoms with E-state index < -0.39 is 0 Å². The van der Waals surface area contributed by atoms with Crippen molar-refractivity contribution in [2.45, 2.75) is 12.8 Å². The van der Waals surface area contributed by atoms with Crippen LogP contribution in [0.3, 0.4) is 0 Å². The highest BCUT2D eigenvalue weighted by molar-refractivity contribution is 4.63. The van der Waals surface area contributed by atoms with Gasteiger partial charge in [0.1, 0.15) is 0 Å². The van der Waals surface area contributed by atoms with E-state index in [-0.39, 0.29) is 6.61 Å². The summed E-state index contributed by atoms with van der Waals surface area (Å²) in [5, 5.41) is 8.45. The Bertz CT molecular complexity index is 93.8. The smallest absolute Gasteiger partial charge is 0.0704 e. The summed E-state index contributed by atoms with van der Waals surface area (Å²) in [6, 6.07) is 0. The molecule has 3 nitrogen and oxygen atoms in total. The van der Waals surface area contributed by atoms with E-state index in [4.69, 9.17) is 14.6 Å². The lowest BCUT2D eigenvalue weighted by atomic mass is 10.3. The summed E-state index contributed by atoms with van der Waals surface area (Å²) in [6.07, 6.45) is 3.44. The van der Waals surface area contributed by atoms with Crippen molar-refractivity contribution in [1.29, 1.82) is 0 Å². The van der Waals surface area contributed by atoms with Crippen LogP contribution in [-0.2, 0) is 9.47 Å². The zero-order valence-corrected chi connectivity index (χ0v) is 7.50. The Morgan fingerprint density at radius 1 is 1.08 bits per heavy atom. The van der Waals surface area contributed by atoms with E-state index in [1.54, 1.807) is 6.08 Å². The third-order valence-corrected chi connectivity index (χ3v) is 1.30. The highest BCUT2D eigenvalue weighted by Crippen LogP contribution is 1.88. The molecule has 0 aliphatic carbocycles. The van der Waals surface area contributed by atoms with E-state index in [0.717, 1.165) is 12.8 Å². The first kappa shape index (κ1) is 11.6. The number of hydrogen-bond acceptors (Lipinski definition) is 3. The summed E-state index contributed by atoms with van der Waals surface area (Å²) in [7, 11) is 0. The van der Waals surface area contributed by atoms with Crippen LogP contribution in [0.4, 0.5) is 0 Å². The highest BCUT2D eigenvalue weighted by atomic mass is 16.5. The Hall–Kier alpha value is -0.380. The largest absolute Gasteiger partial charge is 0.396 e. The Balaban J connectivity index is 2.77. The van der Waals surface area contributed by atoms with Crippen LogP contribution >= 0.6 is 0 Å². The van der Waals surface area contributed by atoms with Crippen molar-refractivity contribution >= 4 is 0 Å². The van der Waals surface area contributed by atoms with E-state index in [9.17, 15) is 0 Å². The lowest BCUT2D eigenvalue weighted by Gasteiger charge is -2.02. The molecule has 0 aromatic rings. The first-order valence-corrected chi connectivity index (χ1v) is 4.29. The van der Waals surface area contributed by atoms with E-state index in [1.165, 1.54) is 0 Å². The van der Waals surface area contributed by atoms with Crippen LogP contribution in [0.2, 0.25) is 0 Å². The molecule has 0 aliphatic heterocycles. The minimum atomic E-state index is 0.246. The molecule has 0 atom stereocenters. The van der Waals surface area contributed by atoms with Crippen molar-refractivity contribution in [2.75, 3.05) is 33.0 Å². The Morgan fingerprint density at radius 3 is 2.50 bits per heavy atom. The van der Waals surface area contributed by atoms with Gasteiger partial charge in [0.15, 0.2) is 0 Å². The molecule has 1 N–H and O–H groups in total. The Labute approximate surface area is 74.0 Å². The molecule has 0 saturated heterocycles. The molecule has 0 saturated carbocycles. The molecule has 0 heterocycles. The first-order valence-electron chi connectivity index (χ1n) is 4.29. The van der Waals surface area contributed by atoms with E-state index >= 15 is 0 Å². The maximum Gasteiger partial charge on any atom is 0.0704 e. The molecule has 0 aliphatic rings. The van der Waals surface area contributed by atoms with Gasteiger partial charge in [-0.15, -0.1) is 6.58 Å². The maximum absolute atomic E-state index is 8.45. The molecule has 0 bridgehead atoms. The minimum absolute atomic E-state index is 0.246. The summed E-state index contributed by atoms with van der Waals surface area (Å²) in [6.45, 7) is 6.30. The number of aliphatic hydroxyl groups excluding tert-OH is 1. The van der Waals surface area contributed by atoms with Gasteiger partial charge in [0.2, 0.25) is 0 Å². The summed E-state index contributed by atoms with van der Waals surface area (Å²) in [5.74, 6) is 0. The van der Waals surface area contributed by atoms with Gasteiger partial charge in [-0.25, -0.2) is 0 Å². The molecule has 0 aromatic heterocycles. The van der Waals surface area contributed by atoms with Crippen molar-refractivity contribution in [3.05, 3.63) is 12.7 Å². The third kappa shape index (κ3) is 9.62. The number of ether oxygens (including phenoxy) is 2. The molecule has 72 valence electrons. The van der Waals surface area contributed by atoms with Gasteiger partial charge in [-0.1, -0.05) is 6.08 Å². The van der Waals surface area contributed by atoms with Crippen LogP contribution in [-0.4, -0.2) is 38.1 Å². The monoisotopic (exact) mass is 174 g/mol. The molecule has 0 radical (unpaired) electrons. The lowest BCUT2D eigenvalue weighted by Crippen LogP contribution is -2.05. The first-order chi connectivity index (χ1) is 5.91. The molecule has 0 spiro atoms. The van der Waals surface area contributed by atoms with Crippen molar-refractivity contribution in [3.63, 3.8) is 0 Å². The van der Waals surface area contributed by atoms with Gasteiger partial charge in [0.25, 0.3) is 0 Å². The Kier molecular flexibility index (Phi) is 10.3. The molecular weight excluding hydrogens is 156 g/mol. The maximum atomic E-state index is 8.45. The topological polar surface area (TPSA) is 38.7 Å². The standard InChI is InChI=1S/C9H18O3/c1-2-6-11-8-9-12-7-4-3-5-10/h2,10H,1,3-9H2. The minimum Gasteiger partial charge on any atom is -0.396 e. The summed E-state index contributed by atoms with van der Waals surface area (Å²) in [4.78, 5) is 0. The number of aliphatic hydroxyl groups is 1. The SMILES string of the molecule is C=CCOCCOCCCCO. The van der Waals surface area contributed by atoms with Crippen molar-refractivity contribution in [3.8, 4) is 0 Å². The van der Waals surface area contributed by atoms with E-state index in [0.29, 0.717) is 26.4 Å². The van der Waals surface area contributed by atoms with Gasteiger partial charge < -0.3 is 14.6 Å². The average Bonchev–Trinajstić information content (AvgIpc) is 2.10. The molecule has 0 fully saturated rings. The van der Waals surface area contributed by atoms with Gasteiger partial charge in [0, 0.05) is 13.2 Å². The zero-order chi connectivity index (χ0) is 9.07. The lowest BCUT2D eigenvalue weighted by molar-refractivity contribution is 0.0555. The fraction of sp³-hybridized carbons (Fsp3) is 0.778. The molecule has 12 heavy (non-hydrogen) atoms. The Morgan fingerprint density at radius 2 is 1.83 bits per heavy atom. The molecule has 0 aromatic carbocycles. The van der Waals surface area contributed by atoms with E-state index in [1.807, 2.05) is 0 Å². The van der Waals surface area contributed by atoms with Gasteiger partial charge in [-0.3, -0.25) is 0 Å². The number of hydrogen-bond donors (Lipinski definition) is 1. The zero-order valence-electron chi connectivity index (χ0n) is 7.50. The third-order valence-electron chi connectivity index (χ3n) is 1.30. The normalized spacial score (nSPS) is 10.1. The second kappa shape index (κ2) is 10.6. The van der Waals surface area contributed by atoms with Crippen molar-refractivity contribution < 1.29 is 14.6 Å². The van der Waals surface area contributed by atoms with Crippen molar-refractivity contribution in [2.24, 2.45) is 0 Å². The quantitative estimate of drug-likeness (QED) is 0.418. The molecular formula is C9H18O3. The van der Waals surface area contributed by atoms with Crippen LogP contribution in [0.1, 0.15) is 12.8 Å². The van der Waals surface area contributed by atoms with Crippen molar-refractivity contribution in [1.82, 2.24) is 0 Å². The van der Waals surface area contributed by atoms with Crippen LogP contribution in [0.5, 0.6) is 0 Å². The second-order valence-corrected chi connectivity index (χ2v) is 2.41. The predicted octanol–water partition coefficient (Wildman–Crippen LogP) is 0.978. The molecule has 0 rings (SSSR count). The summed E-state index contributed by atoms with van der Waals surface area (Å²) >= 11 is 0. The van der Waals surface area contributed by atoms with Crippen LogP contribution in [0.15, 0.2) is 12.7 Å². The summed E-state index contributed by atoms with van der Waals surface area (Å²) in [5.41, 5.74) is 0. The van der Waals surface area contributed by atoms with Gasteiger partial charge in [0.05, 0.1) is 19.8 Å². The second-order valence-electron chi connectivity index (χ2n) is 2.41. The number of unbranched alkanes of at least 4 members (excludes halogenated alkanes) is 1. The molecule has 3 heteroatoms. The average molecular weight is 174 g/mol. The van der Waals surface area contributed by atoms with Gasteiger partial charge in [-0.05, 0) is 12.8 Å². The predicted molar refractivity (Wildman–Crippen MR) is 48.2 cm³/mol. The molecule has 0 unspecified atom stereocenters. The van der Waals surface area contributed by atoms with Crippen LogP contribution < -0.4 is 0 Å². The fourth-order valence-corrected chi connectivity index (χ4v) is 0.703. The van der Waals surface area contributed by atoms with Gasteiger partial charge in [-0.2, -0.15) is 0 Å². The summed E-state index contributed by atoms with van der Waals surface area (Å²) < 4.78 is 10.3. The number of rotatable bonds is 9. The van der Waals surface area contributed by atoms with Gasteiger partial charge >= 0.3 is 0 Å². The van der Waals surface area contributed by atoms with Crippen LogP contribution in [0, 0.1) is 0 Å². The molecule has 0 amide bonds. The highest BCUT2D eigenvalue weighted by Gasteiger charge is 1.88. The van der Waals surface area contributed by atoms with Crippen LogP contribution in [0.25, 0.3) is 0 Å². The van der Waals surface area contributed by atoms with E-state index in [2.05, 4.69) is 6.58 Å².